The van der Waals surface area contributed by atoms with Crippen molar-refractivity contribution in [3.8, 4) is 11.5 Å². The van der Waals surface area contributed by atoms with Gasteiger partial charge in [0.05, 0.1) is 13.2 Å². The first-order valence-corrected chi connectivity index (χ1v) is 5.45. The Labute approximate surface area is 100 Å². The fourth-order valence-electron chi connectivity index (χ4n) is 1.83. The molecule has 0 aliphatic carbocycles. The molecule has 1 aliphatic rings. The number of amides is 1. The summed E-state index contributed by atoms with van der Waals surface area (Å²) in [5.74, 6) is 1.43. The summed E-state index contributed by atoms with van der Waals surface area (Å²) in [6.45, 7) is 3.90. The Morgan fingerprint density at radius 2 is 2.47 bits per heavy atom. The summed E-state index contributed by atoms with van der Waals surface area (Å²) in [6, 6.07) is 5.71. The van der Waals surface area contributed by atoms with E-state index in [1.54, 1.807) is 7.11 Å². The number of rotatable bonds is 3. The molecule has 1 aromatic carbocycles. The monoisotopic (exact) mass is 233 g/mol. The summed E-state index contributed by atoms with van der Waals surface area (Å²) in [5, 5.41) is 2.82. The maximum Gasteiger partial charge on any atom is 0.243 e. The van der Waals surface area contributed by atoms with Gasteiger partial charge in [-0.25, -0.2) is 0 Å². The van der Waals surface area contributed by atoms with E-state index in [2.05, 4.69) is 11.9 Å². The van der Waals surface area contributed by atoms with Gasteiger partial charge in [-0.15, -0.1) is 0 Å². The van der Waals surface area contributed by atoms with Crippen LogP contribution >= 0.6 is 0 Å². The second-order valence-electron chi connectivity index (χ2n) is 3.90. The first-order chi connectivity index (χ1) is 8.22. The molecule has 1 atom stereocenters. The van der Waals surface area contributed by atoms with Crippen LogP contribution in [-0.2, 0) is 11.2 Å². The molecule has 1 amide bonds. The van der Waals surface area contributed by atoms with Gasteiger partial charge in [-0.2, -0.15) is 0 Å². The Balaban J connectivity index is 2.09. The molecule has 1 N–H and O–H groups in total. The second kappa shape index (κ2) is 4.91. The van der Waals surface area contributed by atoms with Crippen LogP contribution in [0.4, 0.5) is 0 Å². The standard InChI is InChI=1S/C13H15NO3/c1-3-13(15)14-10-6-9-4-5-11(16-2)7-12(9)17-8-10/h3-5,7,10H,1,6,8H2,2H3,(H,14,15). The largest absolute Gasteiger partial charge is 0.497 e. The van der Waals surface area contributed by atoms with Gasteiger partial charge in [0.15, 0.2) is 0 Å². The number of hydrogen-bond donors (Lipinski definition) is 1. The molecule has 1 aromatic rings. The van der Waals surface area contributed by atoms with Crippen molar-refractivity contribution in [3.63, 3.8) is 0 Å². The van der Waals surface area contributed by atoms with Gasteiger partial charge in [0.1, 0.15) is 18.1 Å². The van der Waals surface area contributed by atoms with Crippen molar-refractivity contribution in [2.24, 2.45) is 0 Å². The van der Waals surface area contributed by atoms with E-state index in [0.29, 0.717) is 6.61 Å². The first-order valence-electron chi connectivity index (χ1n) is 5.45. The molecular formula is C13H15NO3. The van der Waals surface area contributed by atoms with E-state index in [-0.39, 0.29) is 11.9 Å². The average Bonchev–Trinajstić information content (AvgIpc) is 2.38. The Morgan fingerprint density at radius 3 is 3.18 bits per heavy atom. The minimum absolute atomic E-state index is 0.00129. The number of carbonyl (C=O) groups excluding carboxylic acids is 1. The highest BCUT2D eigenvalue weighted by Gasteiger charge is 2.20. The average molecular weight is 233 g/mol. The summed E-state index contributed by atoms with van der Waals surface area (Å²) in [6.07, 6.45) is 2.03. The number of nitrogens with one attached hydrogen (secondary N) is 1. The molecule has 0 bridgehead atoms. The van der Waals surface area contributed by atoms with E-state index in [1.165, 1.54) is 6.08 Å². The Kier molecular flexibility index (Phi) is 3.32. The summed E-state index contributed by atoms with van der Waals surface area (Å²) in [5.41, 5.74) is 1.08. The van der Waals surface area contributed by atoms with Crippen LogP contribution in [0.15, 0.2) is 30.9 Å². The highest BCUT2D eigenvalue weighted by atomic mass is 16.5. The number of fused-ring (bicyclic) bond motifs is 1. The normalized spacial score (nSPS) is 17.6. The quantitative estimate of drug-likeness (QED) is 0.800. The maximum atomic E-state index is 11.2. The van der Waals surface area contributed by atoms with E-state index >= 15 is 0 Å². The van der Waals surface area contributed by atoms with E-state index in [9.17, 15) is 4.79 Å². The van der Waals surface area contributed by atoms with Crippen LogP contribution in [0.5, 0.6) is 11.5 Å². The molecule has 4 nitrogen and oxygen atoms in total. The molecule has 0 fully saturated rings. The molecule has 0 spiro atoms. The van der Waals surface area contributed by atoms with Crippen molar-refractivity contribution >= 4 is 5.91 Å². The minimum Gasteiger partial charge on any atom is -0.497 e. The van der Waals surface area contributed by atoms with E-state index in [4.69, 9.17) is 9.47 Å². The van der Waals surface area contributed by atoms with Crippen molar-refractivity contribution in [3.05, 3.63) is 36.4 Å². The SMILES string of the molecule is C=CC(=O)NC1COc2cc(OC)ccc2C1. The number of methoxy groups -OCH3 is 1. The van der Waals surface area contributed by atoms with Gasteiger partial charge >= 0.3 is 0 Å². The van der Waals surface area contributed by atoms with Crippen LogP contribution in [0.3, 0.4) is 0 Å². The Bertz CT molecular complexity index is 442. The van der Waals surface area contributed by atoms with Crippen molar-refractivity contribution < 1.29 is 14.3 Å². The van der Waals surface area contributed by atoms with Crippen LogP contribution in [0.1, 0.15) is 5.56 Å². The molecule has 0 radical (unpaired) electrons. The molecule has 0 saturated heterocycles. The van der Waals surface area contributed by atoms with Gasteiger partial charge in [0.2, 0.25) is 5.91 Å². The smallest absolute Gasteiger partial charge is 0.243 e. The van der Waals surface area contributed by atoms with Crippen LogP contribution < -0.4 is 14.8 Å². The topological polar surface area (TPSA) is 47.6 Å². The lowest BCUT2D eigenvalue weighted by atomic mass is 10.0. The third-order valence-corrected chi connectivity index (χ3v) is 2.71. The van der Waals surface area contributed by atoms with Crippen LogP contribution in [-0.4, -0.2) is 25.7 Å². The summed E-state index contributed by atoms with van der Waals surface area (Å²) in [7, 11) is 1.62. The van der Waals surface area contributed by atoms with Crippen molar-refractivity contribution in [1.82, 2.24) is 5.32 Å². The molecule has 0 aromatic heterocycles. The zero-order valence-electron chi connectivity index (χ0n) is 9.73. The van der Waals surface area contributed by atoms with Gasteiger partial charge in [0, 0.05) is 6.07 Å². The number of carbonyl (C=O) groups is 1. The van der Waals surface area contributed by atoms with Crippen molar-refractivity contribution in [2.75, 3.05) is 13.7 Å². The van der Waals surface area contributed by atoms with Crippen LogP contribution in [0.25, 0.3) is 0 Å². The second-order valence-corrected chi connectivity index (χ2v) is 3.90. The number of hydrogen-bond acceptors (Lipinski definition) is 3. The van der Waals surface area contributed by atoms with Gasteiger partial charge < -0.3 is 14.8 Å². The molecule has 1 aliphatic heterocycles. The molecule has 0 saturated carbocycles. The third kappa shape index (κ3) is 2.58. The minimum atomic E-state index is -0.171. The highest BCUT2D eigenvalue weighted by molar-refractivity contribution is 5.87. The fraction of sp³-hybridized carbons (Fsp3) is 0.308. The molecule has 1 unspecified atom stereocenters. The lowest BCUT2D eigenvalue weighted by molar-refractivity contribution is -0.117. The summed E-state index contributed by atoms with van der Waals surface area (Å²) in [4.78, 5) is 11.2. The van der Waals surface area contributed by atoms with Crippen LogP contribution in [0.2, 0.25) is 0 Å². The number of benzene rings is 1. The van der Waals surface area contributed by atoms with Crippen molar-refractivity contribution in [2.45, 2.75) is 12.5 Å². The molecule has 2 rings (SSSR count). The van der Waals surface area contributed by atoms with E-state index in [1.807, 2.05) is 18.2 Å². The third-order valence-electron chi connectivity index (χ3n) is 2.71. The summed E-state index contributed by atoms with van der Waals surface area (Å²) >= 11 is 0. The Hall–Kier alpha value is -1.97. The zero-order chi connectivity index (χ0) is 12.3. The van der Waals surface area contributed by atoms with Gasteiger partial charge in [0.25, 0.3) is 0 Å². The van der Waals surface area contributed by atoms with Crippen molar-refractivity contribution in [1.29, 1.82) is 0 Å². The van der Waals surface area contributed by atoms with Gasteiger partial charge in [-0.05, 0) is 24.1 Å². The molecule has 1 heterocycles. The lowest BCUT2D eigenvalue weighted by Gasteiger charge is -2.26. The van der Waals surface area contributed by atoms with Crippen LogP contribution in [0, 0.1) is 0 Å². The number of ether oxygens (including phenoxy) is 2. The predicted octanol–water partition coefficient (Wildman–Crippen LogP) is 1.30. The molecular weight excluding hydrogens is 218 g/mol. The maximum absolute atomic E-state index is 11.2. The zero-order valence-corrected chi connectivity index (χ0v) is 9.73. The predicted molar refractivity (Wildman–Crippen MR) is 64.3 cm³/mol. The van der Waals surface area contributed by atoms with E-state index < -0.39 is 0 Å². The highest BCUT2D eigenvalue weighted by Crippen LogP contribution is 2.28. The first kappa shape index (κ1) is 11.5. The molecule has 90 valence electrons. The lowest BCUT2D eigenvalue weighted by Crippen LogP contribution is -2.41. The molecule has 4 heteroatoms. The fourth-order valence-corrected chi connectivity index (χ4v) is 1.83. The summed E-state index contributed by atoms with van der Waals surface area (Å²) < 4.78 is 10.7. The van der Waals surface area contributed by atoms with E-state index in [0.717, 1.165) is 23.5 Å². The van der Waals surface area contributed by atoms with Gasteiger partial charge in [-0.3, -0.25) is 4.79 Å². The van der Waals surface area contributed by atoms with Gasteiger partial charge in [-0.1, -0.05) is 12.6 Å². The molecule has 17 heavy (non-hydrogen) atoms. The Morgan fingerprint density at radius 1 is 1.65 bits per heavy atom.